The topological polar surface area (TPSA) is 131 Å². The fourth-order valence-corrected chi connectivity index (χ4v) is 2.55. The van der Waals surface area contributed by atoms with Crippen LogP contribution in [-0.2, 0) is 9.59 Å². The molecule has 0 bridgehead atoms. The Morgan fingerprint density at radius 3 is 2.54 bits per heavy atom. The van der Waals surface area contributed by atoms with Crippen molar-refractivity contribution in [2.45, 2.75) is 13.0 Å². The lowest BCUT2D eigenvalue weighted by molar-refractivity contribution is -0.384. The highest BCUT2D eigenvalue weighted by molar-refractivity contribution is 6.45. The van der Waals surface area contributed by atoms with Crippen molar-refractivity contribution in [1.29, 1.82) is 0 Å². The standard InChI is InChI=1S/C19H15N3O6/c1-11(19(25)28-13-5-3-2-4-6-13)21-18(24)17(23)15-10-20-16-8-7-12(22(26)27)9-14(15)16/h2-11,20H,1H3,(H,21,24)/t11-/m0/s1. The first-order valence-corrected chi connectivity index (χ1v) is 8.24. The van der Waals surface area contributed by atoms with Crippen LogP contribution in [0.25, 0.3) is 10.9 Å². The smallest absolute Gasteiger partial charge is 0.333 e. The number of hydrogen-bond donors (Lipinski definition) is 2. The van der Waals surface area contributed by atoms with E-state index in [2.05, 4.69) is 10.3 Å². The quantitative estimate of drug-likeness (QED) is 0.168. The number of benzene rings is 2. The molecule has 2 aromatic carbocycles. The molecular formula is C19H15N3O6. The molecule has 0 spiro atoms. The Bertz CT molecular complexity index is 1070. The fraction of sp³-hybridized carbons (Fsp3) is 0.105. The van der Waals surface area contributed by atoms with Crippen LogP contribution in [-0.4, -0.2) is 33.6 Å². The van der Waals surface area contributed by atoms with Gasteiger partial charge in [-0.3, -0.25) is 19.7 Å². The van der Waals surface area contributed by atoms with Gasteiger partial charge in [-0.1, -0.05) is 18.2 Å². The molecule has 0 saturated heterocycles. The maximum atomic E-state index is 12.5. The molecule has 0 aliphatic rings. The number of Topliss-reactive ketones (excluding diaryl/α,β-unsaturated/α-hetero) is 1. The molecule has 1 heterocycles. The van der Waals surface area contributed by atoms with Crippen molar-refractivity contribution in [3.05, 3.63) is 70.4 Å². The third-order valence-corrected chi connectivity index (χ3v) is 3.99. The molecule has 3 rings (SSSR count). The van der Waals surface area contributed by atoms with E-state index in [0.29, 0.717) is 11.3 Å². The highest BCUT2D eigenvalue weighted by atomic mass is 16.6. The molecule has 1 amide bonds. The normalized spacial score (nSPS) is 11.6. The number of nitrogens with zero attached hydrogens (tertiary/aromatic N) is 1. The molecule has 0 saturated carbocycles. The van der Waals surface area contributed by atoms with E-state index in [4.69, 9.17) is 4.74 Å². The molecule has 0 aliphatic carbocycles. The zero-order valence-corrected chi connectivity index (χ0v) is 14.7. The first-order valence-electron chi connectivity index (χ1n) is 8.24. The lowest BCUT2D eigenvalue weighted by Gasteiger charge is -2.12. The number of aromatic nitrogens is 1. The van der Waals surface area contributed by atoms with E-state index in [0.717, 1.165) is 0 Å². The number of aromatic amines is 1. The molecule has 0 unspecified atom stereocenters. The van der Waals surface area contributed by atoms with Crippen LogP contribution in [0, 0.1) is 10.1 Å². The predicted molar refractivity (Wildman–Crippen MR) is 99.0 cm³/mol. The average molecular weight is 381 g/mol. The van der Waals surface area contributed by atoms with Gasteiger partial charge in [-0.05, 0) is 25.1 Å². The van der Waals surface area contributed by atoms with E-state index >= 15 is 0 Å². The Kier molecular flexibility index (Phi) is 5.16. The van der Waals surface area contributed by atoms with Crippen LogP contribution in [0.1, 0.15) is 17.3 Å². The van der Waals surface area contributed by atoms with Gasteiger partial charge in [-0.15, -0.1) is 0 Å². The Morgan fingerprint density at radius 2 is 1.86 bits per heavy atom. The number of esters is 1. The van der Waals surface area contributed by atoms with Gasteiger partial charge in [0, 0.05) is 29.2 Å². The second-order valence-electron chi connectivity index (χ2n) is 5.95. The molecule has 2 N–H and O–H groups in total. The zero-order chi connectivity index (χ0) is 20.3. The van der Waals surface area contributed by atoms with Gasteiger partial charge in [0.2, 0.25) is 0 Å². The average Bonchev–Trinajstić information content (AvgIpc) is 3.11. The van der Waals surface area contributed by atoms with E-state index in [1.54, 1.807) is 30.3 Å². The Hall–Kier alpha value is -4.01. The monoisotopic (exact) mass is 381 g/mol. The van der Waals surface area contributed by atoms with Gasteiger partial charge in [0.1, 0.15) is 11.8 Å². The maximum Gasteiger partial charge on any atom is 0.333 e. The van der Waals surface area contributed by atoms with E-state index in [1.807, 2.05) is 0 Å². The first-order chi connectivity index (χ1) is 13.4. The minimum absolute atomic E-state index is 0.0279. The number of para-hydroxylation sites is 1. The summed E-state index contributed by atoms with van der Waals surface area (Å²) in [5, 5.41) is 13.5. The molecule has 9 nitrogen and oxygen atoms in total. The number of ether oxygens (including phenoxy) is 1. The van der Waals surface area contributed by atoms with Crippen molar-refractivity contribution >= 4 is 34.3 Å². The van der Waals surface area contributed by atoms with E-state index in [1.165, 1.54) is 31.3 Å². The molecule has 0 aliphatic heterocycles. The number of nitrogens with one attached hydrogen (secondary N) is 2. The van der Waals surface area contributed by atoms with Gasteiger partial charge >= 0.3 is 5.97 Å². The molecule has 142 valence electrons. The number of nitro benzene ring substituents is 1. The molecule has 9 heteroatoms. The number of fused-ring (bicyclic) bond motifs is 1. The summed E-state index contributed by atoms with van der Waals surface area (Å²) in [6.07, 6.45) is 1.29. The van der Waals surface area contributed by atoms with Crippen LogP contribution in [0.3, 0.4) is 0 Å². The van der Waals surface area contributed by atoms with Crippen molar-refractivity contribution in [2.24, 2.45) is 0 Å². The summed E-state index contributed by atoms with van der Waals surface area (Å²) in [4.78, 5) is 49.9. The van der Waals surface area contributed by atoms with E-state index in [-0.39, 0.29) is 16.6 Å². The summed E-state index contributed by atoms with van der Waals surface area (Å²) in [7, 11) is 0. The Balaban J connectivity index is 1.73. The van der Waals surface area contributed by atoms with Crippen LogP contribution in [0.15, 0.2) is 54.7 Å². The second-order valence-corrected chi connectivity index (χ2v) is 5.95. The van der Waals surface area contributed by atoms with Crippen molar-refractivity contribution < 1.29 is 24.0 Å². The summed E-state index contributed by atoms with van der Waals surface area (Å²) >= 11 is 0. The number of carbonyl (C=O) groups is 3. The Morgan fingerprint density at radius 1 is 1.14 bits per heavy atom. The largest absolute Gasteiger partial charge is 0.425 e. The molecule has 1 atom stereocenters. The van der Waals surface area contributed by atoms with Gasteiger partial charge in [0.15, 0.2) is 0 Å². The SMILES string of the molecule is C[C@H](NC(=O)C(=O)c1c[nH]c2ccc([N+](=O)[O-])cc12)C(=O)Oc1ccccc1. The number of nitro groups is 1. The number of non-ortho nitro benzene ring substituents is 1. The lowest BCUT2D eigenvalue weighted by Crippen LogP contribution is -2.43. The third-order valence-electron chi connectivity index (χ3n) is 3.99. The van der Waals surface area contributed by atoms with E-state index < -0.39 is 28.6 Å². The van der Waals surface area contributed by atoms with Crippen molar-refractivity contribution in [1.82, 2.24) is 10.3 Å². The predicted octanol–water partition coefficient (Wildman–Crippen LogP) is 2.37. The number of amides is 1. The van der Waals surface area contributed by atoms with Crippen molar-refractivity contribution in [2.75, 3.05) is 0 Å². The minimum Gasteiger partial charge on any atom is -0.425 e. The van der Waals surface area contributed by atoms with Gasteiger partial charge in [-0.25, -0.2) is 4.79 Å². The number of rotatable bonds is 6. The molecule has 0 fully saturated rings. The summed E-state index contributed by atoms with van der Waals surface area (Å²) < 4.78 is 5.11. The van der Waals surface area contributed by atoms with Crippen LogP contribution in [0.2, 0.25) is 0 Å². The number of carbonyl (C=O) groups excluding carboxylic acids is 3. The molecular weight excluding hydrogens is 366 g/mol. The van der Waals surface area contributed by atoms with Gasteiger partial charge in [0.05, 0.1) is 10.5 Å². The summed E-state index contributed by atoms with van der Waals surface area (Å²) in [5.41, 5.74) is 0.236. The molecule has 3 aromatic rings. The molecule has 0 radical (unpaired) electrons. The van der Waals surface area contributed by atoms with Gasteiger partial charge in [0.25, 0.3) is 17.4 Å². The number of ketones is 1. The van der Waals surface area contributed by atoms with Crippen LogP contribution >= 0.6 is 0 Å². The highest BCUT2D eigenvalue weighted by Crippen LogP contribution is 2.24. The van der Waals surface area contributed by atoms with Gasteiger partial charge < -0.3 is 15.0 Å². The van der Waals surface area contributed by atoms with E-state index in [9.17, 15) is 24.5 Å². The summed E-state index contributed by atoms with van der Waals surface area (Å²) in [5.74, 6) is -2.37. The Labute approximate surface area is 158 Å². The fourth-order valence-electron chi connectivity index (χ4n) is 2.55. The van der Waals surface area contributed by atoms with Crippen molar-refractivity contribution in [3.8, 4) is 5.75 Å². The first kappa shape index (κ1) is 18.8. The van der Waals surface area contributed by atoms with Crippen LogP contribution < -0.4 is 10.1 Å². The third kappa shape index (κ3) is 3.88. The molecule has 1 aromatic heterocycles. The minimum atomic E-state index is -1.07. The highest BCUT2D eigenvalue weighted by Gasteiger charge is 2.25. The second kappa shape index (κ2) is 7.70. The molecule has 28 heavy (non-hydrogen) atoms. The summed E-state index contributed by atoms with van der Waals surface area (Å²) in [6, 6.07) is 11.2. The number of hydrogen-bond acceptors (Lipinski definition) is 6. The van der Waals surface area contributed by atoms with Gasteiger partial charge in [-0.2, -0.15) is 0 Å². The van der Waals surface area contributed by atoms with Crippen LogP contribution in [0.4, 0.5) is 5.69 Å². The van der Waals surface area contributed by atoms with Crippen molar-refractivity contribution in [3.63, 3.8) is 0 Å². The van der Waals surface area contributed by atoms with Crippen LogP contribution in [0.5, 0.6) is 5.75 Å². The lowest BCUT2D eigenvalue weighted by atomic mass is 10.1. The maximum absolute atomic E-state index is 12.5. The zero-order valence-electron chi connectivity index (χ0n) is 14.7. The number of H-pyrrole nitrogens is 1. The summed E-state index contributed by atoms with van der Waals surface area (Å²) in [6.45, 7) is 1.39.